The Hall–Kier alpha value is -1.80. The van der Waals surface area contributed by atoms with Crippen LogP contribution in [0.15, 0.2) is 12.1 Å². The molecular formula is C9H5F6N3. The zero-order chi connectivity index (χ0) is 13.7. The number of nitrogens with zero attached hydrogens (tertiary/aromatic N) is 3. The summed E-state index contributed by atoms with van der Waals surface area (Å²) in [7, 11) is 0. The first-order valence-electron chi connectivity index (χ1n) is 4.61. The standard InChI is InChI=1S/C9H5F6N3/c1-4-2-7-16-5(8(10,11)12)3-6(9(13,14)15)18(7)17-4/h2-3H,1H3. The molecule has 0 fully saturated rings. The second-order valence-corrected chi connectivity index (χ2v) is 3.58. The molecule has 98 valence electrons. The van der Waals surface area contributed by atoms with E-state index in [1.165, 1.54) is 6.92 Å². The number of aromatic nitrogens is 3. The molecule has 2 aromatic rings. The summed E-state index contributed by atoms with van der Waals surface area (Å²) < 4.78 is 75.6. The maximum absolute atomic E-state index is 12.6. The summed E-state index contributed by atoms with van der Waals surface area (Å²) in [5.41, 5.74) is -3.45. The van der Waals surface area contributed by atoms with Crippen molar-refractivity contribution in [1.29, 1.82) is 0 Å². The number of hydrogen-bond acceptors (Lipinski definition) is 2. The van der Waals surface area contributed by atoms with Crippen LogP contribution in [0.4, 0.5) is 26.3 Å². The average Bonchev–Trinajstić information content (AvgIpc) is 2.52. The number of aryl methyl sites for hydroxylation is 1. The normalized spacial score (nSPS) is 13.3. The van der Waals surface area contributed by atoms with Gasteiger partial charge in [-0.25, -0.2) is 9.50 Å². The molecule has 0 bridgehead atoms. The number of fused-ring (bicyclic) bond motifs is 1. The molecule has 0 atom stereocenters. The van der Waals surface area contributed by atoms with Gasteiger partial charge in [0.25, 0.3) is 0 Å². The molecule has 0 N–H and O–H groups in total. The molecule has 9 heteroatoms. The van der Waals surface area contributed by atoms with Crippen molar-refractivity contribution < 1.29 is 26.3 Å². The summed E-state index contributed by atoms with van der Waals surface area (Å²) in [6.07, 6.45) is -9.89. The van der Waals surface area contributed by atoms with Crippen molar-refractivity contribution in [3.63, 3.8) is 0 Å². The number of halogens is 6. The van der Waals surface area contributed by atoms with E-state index in [-0.39, 0.29) is 11.8 Å². The molecule has 0 saturated carbocycles. The zero-order valence-electron chi connectivity index (χ0n) is 8.76. The first-order chi connectivity index (χ1) is 8.09. The Morgan fingerprint density at radius 2 is 1.61 bits per heavy atom. The van der Waals surface area contributed by atoms with Crippen molar-refractivity contribution in [1.82, 2.24) is 14.6 Å². The minimum Gasteiger partial charge on any atom is -0.224 e. The highest BCUT2D eigenvalue weighted by atomic mass is 19.4. The molecular weight excluding hydrogens is 264 g/mol. The fraction of sp³-hybridized carbons (Fsp3) is 0.333. The lowest BCUT2D eigenvalue weighted by atomic mass is 10.3. The fourth-order valence-corrected chi connectivity index (χ4v) is 1.44. The van der Waals surface area contributed by atoms with Crippen molar-refractivity contribution in [3.05, 3.63) is 29.2 Å². The van der Waals surface area contributed by atoms with Crippen LogP contribution in [0.1, 0.15) is 17.1 Å². The summed E-state index contributed by atoms with van der Waals surface area (Å²) in [4.78, 5) is 3.12. The Morgan fingerprint density at radius 3 is 2.11 bits per heavy atom. The largest absolute Gasteiger partial charge is 0.433 e. The van der Waals surface area contributed by atoms with Crippen molar-refractivity contribution >= 4 is 5.65 Å². The van der Waals surface area contributed by atoms with E-state index in [0.29, 0.717) is 4.52 Å². The Bertz CT molecular complexity index is 595. The van der Waals surface area contributed by atoms with Gasteiger partial charge in [-0.05, 0) is 13.0 Å². The molecule has 0 spiro atoms. The van der Waals surface area contributed by atoms with E-state index in [1.54, 1.807) is 0 Å². The number of rotatable bonds is 0. The van der Waals surface area contributed by atoms with E-state index in [9.17, 15) is 26.3 Å². The van der Waals surface area contributed by atoms with E-state index >= 15 is 0 Å². The van der Waals surface area contributed by atoms with Gasteiger partial charge in [0, 0.05) is 6.07 Å². The van der Waals surface area contributed by atoms with Gasteiger partial charge in [-0.1, -0.05) is 0 Å². The Balaban J connectivity index is 2.81. The predicted molar refractivity (Wildman–Crippen MR) is 47.7 cm³/mol. The van der Waals surface area contributed by atoms with E-state index in [1.807, 2.05) is 0 Å². The third kappa shape index (κ3) is 2.12. The van der Waals surface area contributed by atoms with Gasteiger partial charge in [0.05, 0.1) is 5.69 Å². The third-order valence-electron chi connectivity index (χ3n) is 2.13. The van der Waals surface area contributed by atoms with E-state index in [4.69, 9.17) is 0 Å². The monoisotopic (exact) mass is 269 g/mol. The van der Waals surface area contributed by atoms with Crippen LogP contribution in [0.2, 0.25) is 0 Å². The highest BCUT2D eigenvalue weighted by molar-refractivity contribution is 5.42. The second kappa shape index (κ2) is 3.59. The molecule has 0 radical (unpaired) electrons. The molecule has 0 aliphatic rings. The van der Waals surface area contributed by atoms with Crippen LogP contribution in [0.25, 0.3) is 5.65 Å². The van der Waals surface area contributed by atoms with Crippen LogP contribution in [-0.4, -0.2) is 14.6 Å². The van der Waals surface area contributed by atoms with Crippen molar-refractivity contribution in [2.24, 2.45) is 0 Å². The molecule has 2 rings (SSSR count). The van der Waals surface area contributed by atoms with Gasteiger partial charge in [-0.3, -0.25) is 0 Å². The second-order valence-electron chi connectivity index (χ2n) is 3.58. The van der Waals surface area contributed by atoms with E-state index < -0.39 is 29.4 Å². The summed E-state index contributed by atoms with van der Waals surface area (Å²) in [6, 6.07) is 0.990. The highest BCUT2D eigenvalue weighted by Gasteiger charge is 2.40. The maximum Gasteiger partial charge on any atom is 0.433 e. The molecule has 18 heavy (non-hydrogen) atoms. The van der Waals surface area contributed by atoms with Crippen molar-refractivity contribution in [2.45, 2.75) is 19.3 Å². The van der Waals surface area contributed by atoms with Crippen LogP contribution >= 0.6 is 0 Å². The van der Waals surface area contributed by atoms with Crippen LogP contribution in [0.3, 0.4) is 0 Å². The fourth-order valence-electron chi connectivity index (χ4n) is 1.44. The molecule has 2 aromatic heterocycles. The van der Waals surface area contributed by atoms with E-state index in [0.717, 1.165) is 6.07 Å². The first-order valence-corrected chi connectivity index (χ1v) is 4.61. The van der Waals surface area contributed by atoms with Crippen LogP contribution in [-0.2, 0) is 12.4 Å². The van der Waals surface area contributed by atoms with Gasteiger partial charge in [0.1, 0.15) is 5.69 Å². The Labute approximate surface area is 96.0 Å². The summed E-state index contributed by atoms with van der Waals surface area (Å²) in [5, 5.41) is 3.47. The summed E-state index contributed by atoms with van der Waals surface area (Å²) in [5.74, 6) is 0. The maximum atomic E-state index is 12.6. The molecule has 0 amide bonds. The van der Waals surface area contributed by atoms with Crippen LogP contribution in [0, 0.1) is 6.92 Å². The number of alkyl halides is 6. The Morgan fingerprint density at radius 1 is 1.00 bits per heavy atom. The lowest BCUT2D eigenvalue weighted by molar-refractivity contribution is -0.148. The van der Waals surface area contributed by atoms with Gasteiger partial charge < -0.3 is 0 Å². The molecule has 0 aliphatic heterocycles. The number of hydrogen-bond donors (Lipinski definition) is 0. The van der Waals surface area contributed by atoms with Crippen LogP contribution in [0.5, 0.6) is 0 Å². The molecule has 0 aromatic carbocycles. The van der Waals surface area contributed by atoms with Gasteiger partial charge in [0.2, 0.25) is 0 Å². The van der Waals surface area contributed by atoms with Crippen LogP contribution < -0.4 is 0 Å². The van der Waals surface area contributed by atoms with Gasteiger partial charge in [-0.15, -0.1) is 0 Å². The quantitative estimate of drug-likeness (QED) is 0.688. The van der Waals surface area contributed by atoms with E-state index in [2.05, 4.69) is 10.1 Å². The average molecular weight is 269 g/mol. The third-order valence-corrected chi connectivity index (χ3v) is 2.13. The van der Waals surface area contributed by atoms with Crippen molar-refractivity contribution in [3.8, 4) is 0 Å². The molecule has 0 aliphatic carbocycles. The van der Waals surface area contributed by atoms with Crippen molar-refractivity contribution in [2.75, 3.05) is 0 Å². The lowest BCUT2D eigenvalue weighted by Crippen LogP contribution is -2.17. The highest BCUT2D eigenvalue weighted by Crippen LogP contribution is 2.34. The zero-order valence-corrected chi connectivity index (χ0v) is 8.76. The smallest absolute Gasteiger partial charge is 0.224 e. The van der Waals surface area contributed by atoms with Gasteiger partial charge >= 0.3 is 12.4 Å². The van der Waals surface area contributed by atoms with Gasteiger partial charge in [-0.2, -0.15) is 31.4 Å². The summed E-state index contributed by atoms with van der Waals surface area (Å²) >= 11 is 0. The SMILES string of the molecule is Cc1cc2nc(C(F)(F)F)cc(C(F)(F)F)n2n1. The molecule has 0 unspecified atom stereocenters. The lowest BCUT2D eigenvalue weighted by Gasteiger charge is -2.12. The first kappa shape index (κ1) is 12.7. The summed E-state index contributed by atoms with van der Waals surface area (Å²) in [6.45, 7) is 1.36. The minimum absolute atomic E-state index is 0.0561. The topological polar surface area (TPSA) is 30.2 Å². The minimum atomic E-state index is -4.94. The molecule has 3 nitrogen and oxygen atoms in total. The molecule has 0 saturated heterocycles. The van der Waals surface area contributed by atoms with Gasteiger partial charge in [0.15, 0.2) is 11.3 Å². The predicted octanol–water partition coefficient (Wildman–Crippen LogP) is 3.08. The Kier molecular flexibility index (Phi) is 2.53. The molecule has 2 heterocycles.